The zero-order valence-corrected chi connectivity index (χ0v) is 14.9. The number of amides is 2. The quantitative estimate of drug-likeness (QED) is 0.897. The predicted molar refractivity (Wildman–Crippen MR) is 98.1 cm³/mol. The largest absolute Gasteiger partial charge is 0.439 e. The molecule has 1 fully saturated rings. The maximum Gasteiger partial charge on any atom is 0.255 e. The molecule has 1 aromatic carbocycles. The second-order valence-corrected chi connectivity index (χ2v) is 6.26. The molecular formula is C20H23N3O3. The number of para-hydroxylation sites is 1. The molecule has 0 radical (unpaired) electrons. The van der Waals surface area contributed by atoms with Crippen LogP contribution in [-0.2, 0) is 4.79 Å². The van der Waals surface area contributed by atoms with Gasteiger partial charge in [-0.05, 0) is 38.0 Å². The molecule has 0 saturated carbocycles. The summed E-state index contributed by atoms with van der Waals surface area (Å²) in [6.45, 7) is 3.72. The van der Waals surface area contributed by atoms with Crippen LogP contribution in [0.25, 0.3) is 0 Å². The van der Waals surface area contributed by atoms with Crippen molar-refractivity contribution in [2.45, 2.75) is 19.8 Å². The van der Waals surface area contributed by atoms with Gasteiger partial charge in [0.15, 0.2) is 0 Å². The second kappa shape index (κ2) is 8.47. The molecule has 0 spiro atoms. The molecule has 0 atom stereocenters. The Balaban J connectivity index is 1.56. The standard InChI is InChI=1S/C20H23N3O3/c1-2-21-19(24)15-10-12-23(13-11-15)20(25)16-8-9-18(22-14-16)26-17-6-4-3-5-7-17/h3-9,14-15H,2,10-13H2,1H3,(H,21,24). The number of carbonyl (C=O) groups excluding carboxylic acids is 2. The number of rotatable bonds is 5. The molecular weight excluding hydrogens is 330 g/mol. The Hall–Kier alpha value is -2.89. The normalized spacial score (nSPS) is 14.7. The molecule has 2 heterocycles. The van der Waals surface area contributed by atoms with Crippen LogP contribution in [0.5, 0.6) is 11.6 Å². The van der Waals surface area contributed by atoms with Crippen LogP contribution in [0.3, 0.4) is 0 Å². The molecule has 2 aromatic rings. The van der Waals surface area contributed by atoms with E-state index in [-0.39, 0.29) is 17.7 Å². The first-order chi connectivity index (χ1) is 12.7. The number of ether oxygens (including phenoxy) is 1. The molecule has 1 aliphatic heterocycles. The van der Waals surface area contributed by atoms with Crippen molar-refractivity contribution in [3.05, 3.63) is 54.2 Å². The Kier molecular flexibility index (Phi) is 5.84. The summed E-state index contributed by atoms with van der Waals surface area (Å²) in [5.41, 5.74) is 0.530. The zero-order chi connectivity index (χ0) is 18.4. The number of aromatic nitrogens is 1. The second-order valence-electron chi connectivity index (χ2n) is 6.26. The third kappa shape index (κ3) is 4.39. The van der Waals surface area contributed by atoms with E-state index in [1.807, 2.05) is 37.3 Å². The lowest BCUT2D eigenvalue weighted by molar-refractivity contribution is -0.126. The predicted octanol–water partition coefficient (Wildman–Crippen LogP) is 2.86. The summed E-state index contributed by atoms with van der Waals surface area (Å²) in [7, 11) is 0. The van der Waals surface area contributed by atoms with E-state index in [1.54, 1.807) is 17.0 Å². The number of nitrogens with zero attached hydrogens (tertiary/aromatic N) is 2. The highest BCUT2D eigenvalue weighted by molar-refractivity contribution is 5.94. The average Bonchev–Trinajstić information content (AvgIpc) is 2.69. The Morgan fingerprint density at radius 1 is 1.15 bits per heavy atom. The maximum absolute atomic E-state index is 12.6. The van der Waals surface area contributed by atoms with Crippen molar-refractivity contribution in [3.8, 4) is 11.6 Å². The van der Waals surface area contributed by atoms with Crippen LogP contribution < -0.4 is 10.1 Å². The minimum Gasteiger partial charge on any atom is -0.439 e. The summed E-state index contributed by atoms with van der Waals surface area (Å²) in [6.07, 6.45) is 2.93. The van der Waals surface area contributed by atoms with Crippen LogP contribution >= 0.6 is 0 Å². The van der Waals surface area contributed by atoms with Crippen molar-refractivity contribution in [3.63, 3.8) is 0 Å². The molecule has 0 bridgehead atoms. The van der Waals surface area contributed by atoms with Crippen molar-refractivity contribution in [1.82, 2.24) is 15.2 Å². The molecule has 6 heteroatoms. The van der Waals surface area contributed by atoms with Gasteiger partial charge in [-0.25, -0.2) is 4.98 Å². The maximum atomic E-state index is 12.6. The lowest BCUT2D eigenvalue weighted by atomic mass is 9.95. The van der Waals surface area contributed by atoms with Crippen molar-refractivity contribution in [2.24, 2.45) is 5.92 Å². The fraction of sp³-hybridized carbons (Fsp3) is 0.350. The summed E-state index contributed by atoms with van der Waals surface area (Å²) < 4.78 is 5.64. The lowest BCUT2D eigenvalue weighted by Crippen LogP contribution is -2.43. The average molecular weight is 353 g/mol. The smallest absolute Gasteiger partial charge is 0.255 e. The zero-order valence-electron chi connectivity index (χ0n) is 14.9. The molecule has 1 aliphatic rings. The van der Waals surface area contributed by atoms with Gasteiger partial charge >= 0.3 is 0 Å². The van der Waals surface area contributed by atoms with Gasteiger partial charge in [-0.1, -0.05) is 18.2 Å². The molecule has 0 aliphatic carbocycles. The minimum atomic E-state index is -0.0573. The summed E-state index contributed by atoms with van der Waals surface area (Å²) in [4.78, 5) is 30.5. The highest BCUT2D eigenvalue weighted by Gasteiger charge is 2.27. The summed E-state index contributed by atoms with van der Waals surface area (Å²) in [6, 6.07) is 12.8. The van der Waals surface area contributed by atoms with E-state index in [2.05, 4.69) is 10.3 Å². The SMILES string of the molecule is CCNC(=O)C1CCN(C(=O)c2ccc(Oc3ccccc3)nc2)CC1. The van der Waals surface area contributed by atoms with Gasteiger partial charge in [0.05, 0.1) is 5.56 Å². The van der Waals surface area contributed by atoms with Crippen molar-refractivity contribution >= 4 is 11.8 Å². The van der Waals surface area contributed by atoms with E-state index in [4.69, 9.17) is 4.74 Å². The number of hydrogen-bond donors (Lipinski definition) is 1. The van der Waals surface area contributed by atoms with Gasteiger partial charge in [-0.2, -0.15) is 0 Å². The molecule has 6 nitrogen and oxygen atoms in total. The Bertz CT molecular complexity index is 739. The number of piperidine rings is 1. The van der Waals surface area contributed by atoms with E-state index in [0.717, 1.165) is 0 Å². The Labute approximate surface area is 153 Å². The molecule has 3 rings (SSSR count). The highest BCUT2D eigenvalue weighted by Crippen LogP contribution is 2.21. The number of pyridine rings is 1. The van der Waals surface area contributed by atoms with Crippen molar-refractivity contribution in [2.75, 3.05) is 19.6 Å². The number of likely N-dealkylation sites (tertiary alicyclic amines) is 1. The number of nitrogens with one attached hydrogen (secondary N) is 1. The van der Waals surface area contributed by atoms with E-state index in [0.29, 0.717) is 49.7 Å². The van der Waals surface area contributed by atoms with Gasteiger partial charge in [0.1, 0.15) is 5.75 Å². The third-order valence-corrected chi connectivity index (χ3v) is 4.45. The fourth-order valence-electron chi connectivity index (χ4n) is 3.02. The third-order valence-electron chi connectivity index (χ3n) is 4.45. The van der Waals surface area contributed by atoms with E-state index < -0.39 is 0 Å². The van der Waals surface area contributed by atoms with Crippen molar-refractivity contribution < 1.29 is 14.3 Å². The monoisotopic (exact) mass is 353 g/mol. The van der Waals surface area contributed by atoms with Gasteiger partial charge in [0.25, 0.3) is 5.91 Å². The molecule has 1 aromatic heterocycles. The summed E-state index contributed by atoms with van der Waals surface area (Å²) in [5, 5.41) is 2.85. The van der Waals surface area contributed by atoms with Crippen LogP contribution in [0.4, 0.5) is 0 Å². The van der Waals surface area contributed by atoms with Gasteiger partial charge < -0.3 is 15.0 Å². The van der Waals surface area contributed by atoms with E-state index >= 15 is 0 Å². The molecule has 0 unspecified atom stereocenters. The first-order valence-corrected chi connectivity index (χ1v) is 8.93. The van der Waals surface area contributed by atoms with Crippen molar-refractivity contribution in [1.29, 1.82) is 0 Å². The summed E-state index contributed by atoms with van der Waals surface area (Å²) in [5.74, 6) is 1.18. The molecule has 1 saturated heterocycles. The van der Waals surface area contributed by atoms with E-state index in [1.165, 1.54) is 6.20 Å². The van der Waals surface area contributed by atoms with Gasteiger partial charge in [0.2, 0.25) is 11.8 Å². The van der Waals surface area contributed by atoms with E-state index in [9.17, 15) is 9.59 Å². The van der Waals surface area contributed by atoms with Gasteiger partial charge in [-0.3, -0.25) is 9.59 Å². The molecule has 1 N–H and O–H groups in total. The minimum absolute atomic E-state index is 0.00114. The van der Waals surface area contributed by atoms with Crippen LogP contribution in [0.15, 0.2) is 48.7 Å². The Morgan fingerprint density at radius 3 is 2.50 bits per heavy atom. The van der Waals surface area contributed by atoms with Gasteiger partial charge in [-0.15, -0.1) is 0 Å². The Morgan fingerprint density at radius 2 is 1.88 bits per heavy atom. The number of hydrogen-bond acceptors (Lipinski definition) is 4. The summed E-state index contributed by atoms with van der Waals surface area (Å²) >= 11 is 0. The van der Waals surface area contributed by atoms with Crippen LogP contribution in [0.1, 0.15) is 30.1 Å². The highest BCUT2D eigenvalue weighted by atomic mass is 16.5. The molecule has 26 heavy (non-hydrogen) atoms. The van der Waals surface area contributed by atoms with Crippen LogP contribution in [-0.4, -0.2) is 41.3 Å². The first kappa shape index (κ1) is 17.9. The number of carbonyl (C=O) groups is 2. The first-order valence-electron chi connectivity index (χ1n) is 8.93. The number of benzene rings is 1. The fourth-order valence-corrected chi connectivity index (χ4v) is 3.02. The lowest BCUT2D eigenvalue weighted by Gasteiger charge is -2.31. The topological polar surface area (TPSA) is 71.5 Å². The van der Waals surface area contributed by atoms with Crippen LogP contribution in [0.2, 0.25) is 0 Å². The molecule has 136 valence electrons. The van der Waals surface area contributed by atoms with Crippen LogP contribution in [0, 0.1) is 5.92 Å². The molecule has 2 amide bonds. The van der Waals surface area contributed by atoms with Gasteiger partial charge in [0, 0.05) is 37.8 Å².